The van der Waals surface area contributed by atoms with Crippen LogP contribution in [0.15, 0.2) is 0 Å². The molecule has 0 amide bonds. The van der Waals surface area contributed by atoms with Gasteiger partial charge in [0, 0.05) is 12.6 Å². The van der Waals surface area contributed by atoms with E-state index in [0.29, 0.717) is 6.04 Å². The first-order chi connectivity index (χ1) is 6.00. The number of hydrogen-bond acceptors (Lipinski definition) is 2. The van der Waals surface area contributed by atoms with E-state index in [1.807, 2.05) is 0 Å². The van der Waals surface area contributed by atoms with Crippen LogP contribution < -0.4 is 5.32 Å². The van der Waals surface area contributed by atoms with Gasteiger partial charge >= 0.3 is 0 Å². The minimum absolute atomic E-state index is 0.00556. The lowest BCUT2D eigenvalue weighted by molar-refractivity contribution is 0.0606. The standard InChI is InChI=1S/C11H23NO/c1-11(2,3)10(13)8-12-9-6-4-5-7-9/h9-10,12-13H,4-8H2,1-3H3. The summed E-state index contributed by atoms with van der Waals surface area (Å²) in [5, 5.41) is 13.2. The van der Waals surface area contributed by atoms with Crippen molar-refractivity contribution in [3.63, 3.8) is 0 Å². The first-order valence-electron chi connectivity index (χ1n) is 5.41. The van der Waals surface area contributed by atoms with E-state index < -0.39 is 0 Å². The summed E-state index contributed by atoms with van der Waals surface area (Å²) >= 11 is 0. The molecule has 1 aliphatic carbocycles. The number of aliphatic hydroxyl groups excluding tert-OH is 1. The summed E-state index contributed by atoms with van der Waals surface area (Å²) in [7, 11) is 0. The van der Waals surface area contributed by atoms with Crippen molar-refractivity contribution in [3.05, 3.63) is 0 Å². The van der Waals surface area contributed by atoms with Crippen LogP contribution in [0.3, 0.4) is 0 Å². The predicted molar refractivity (Wildman–Crippen MR) is 55.7 cm³/mol. The summed E-state index contributed by atoms with van der Waals surface area (Å²) in [6.45, 7) is 6.98. The average molecular weight is 185 g/mol. The van der Waals surface area contributed by atoms with E-state index in [9.17, 15) is 5.11 Å². The summed E-state index contributed by atoms with van der Waals surface area (Å²) < 4.78 is 0. The van der Waals surface area contributed by atoms with Crippen LogP contribution in [0.2, 0.25) is 0 Å². The van der Waals surface area contributed by atoms with Gasteiger partial charge in [-0.3, -0.25) is 0 Å². The van der Waals surface area contributed by atoms with Gasteiger partial charge in [0.05, 0.1) is 6.10 Å². The molecule has 0 aromatic heterocycles. The van der Waals surface area contributed by atoms with Gasteiger partial charge in [-0.15, -0.1) is 0 Å². The summed E-state index contributed by atoms with van der Waals surface area (Å²) in [5.74, 6) is 0. The van der Waals surface area contributed by atoms with Crippen LogP contribution in [0, 0.1) is 5.41 Å². The van der Waals surface area contributed by atoms with Gasteiger partial charge in [-0.25, -0.2) is 0 Å². The molecular formula is C11H23NO. The molecule has 1 rings (SSSR count). The number of hydrogen-bond donors (Lipinski definition) is 2. The molecule has 1 saturated carbocycles. The second kappa shape index (κ2) is 4.43. The second-order valence-electron chi connectivity index (χ2n) is 5.27. The Hall–Kier alpha value is -0.0800. The van der Waals surface area contributed by atoms with E-state index in [4.69, 9.17) is 0 Å². The Morgan fingerprint density at radius 2 is 1.85 bits per heavy atom. The molecule has 0 saturated heterocycles. The Kier molecular flexibility index (Phi) is 3.74. The molecule has 2 nitrogen and oxygen atoms in total. The van der Waals surface area contributed by atoms with Crippen LogP contribution in [0.5, 0.6) is 0 Å². The molecule has 13 heavy (non-hydrogen) atoms. The lowest BCUT2D eigenvalue weighted by Crippen LogP contribution is -2.40. The largest absolute Gasteiger partial charge is 0.391 e. The first kappa shape index (κ1) is 11.0. The highest BCUT2D eigenvalue weighted by molar-refractivity contribution is 4.79. The molecule has 1 unspecified atom stereocenters. The highest BCUT2D eigenvalue weighted by Gasteiger charge is 2.23. The molecule has 0 aliphatic heterocycles. The quantitative estimate of drug-likeness (QED) is 0.704. The van der Waals surface area contributed by atoms with Crippen molar-refractivity contribution in [2.45, 2.75) is 58.6 Å². The zero-order chi connectivity index (χ0) is 9.90. The highest BCUT2D eigenvalue weighted by atomic mass is 16.3. The van der Waals surface area contributed by atoms with Gasteiger partial charge in [0.2, 0.25) is 0 Å². The Morgan fingerprint density at radius 3 is 2.31 bits per heavy atom. The lowest BCUT2D eigenvalue weighted by atomic mass is 9.89. The van der Waals surface area contributed by atoms with Crippen molar-refractivity contribution in [1.82, 2.24) is 5.32 Å². The van der Waals surface area contributed by atoms with Gasteiger partial charge in [-0.2, -0.15) is 0 Å². The topological polar surface area (TPSA) is 32.3 Å². The Bertz CT molecular complexity index is 145. The normalized spacial score (nSPS) is 22.2. The fourth-order valence-electron chi connectivity index (χ4n) is 1.71. The van der Waals surface area contributed by atoms with Crippen LogP contribution >= 0.6 is 0 Å². The van der Waals surface area contributed by atoms with E-state index >= 15 is 0 Å². The third-order valence-electron chi connectivity index (χ3n) is 2.95. The molecule has 1 fully saturated rings. The summed E-state index contributed by atoms with van der Waals surface area (Å²) in [6, 6.07) is 0.664. The van der Waals surface area contributed by atoms with E-state index in [0.717, 1.165) is 6.54 Å². The molecule has 0 spiro atoms. The third-order valence-corrected chi connectivity index (χ3v) is 2.95. The maximum Gasteiger partial charge on any atom is 0.0712 e. The van der Waals surface area contributed by atoms with Crippen LogP contribution in [0.4, 0.5) is 0 Å². The van der Waals surface area contributed by atoms with Crippen molar-refractivity contribution >= 4 is 0 Å². The zero-order valence-electron chi connectivity index (χ0n) is 9.14. The maximum atomic E-state index is 9.78. The first-order valence-corrected chi connectivity index (χ1v) is 5.41. The van der Waals surface area contributed by atoms with Crippen molar-refractivity contribution in [2.75, 3.05) is 6.54 Å². The summed E-state index contributed by atoms with van der Waals surface area (Å²) in [4.78, 5) is 0. The molecule has 2 heteroatoms. The second-order valence-corrected chi connectivity index (χ2v) is 5.27. The average Bonchev–Trinajstić information content (AvgIpc) is 2.50. The molecule has 0 bridgehead atoms. The van der Waals surface area contributed by atoms with E-state index in [-0.39, 0.29) is 11.5 Å². The van der Waals surface area contributed by atoms with Gasteiger partial charge in [-0.1, -0.05) is 33.6 Å². The Labute approximate surface area is 81.7 Å². The summed E-state index contributed by atoms with van der Waals surface area (Å²) in [5.41, 5.74) is 0.00556. The van der Waals surface area contributed by atoms with Crippen molar-refractivity contribution in [2.24, 2.45) is 5.41 Å². The molecule has 0 aromatic rings. The minimum atomic E-state index is -0.229. The van der Waals surface area contributed by atoms with Gasteiger partial charge in [-0.05, 0) is 18.3 Å². The third kappa shape index (κ3) is 3.65. The minimum Gasteiger partial charge on any atom is -0.391 e. The predicted octanol–water partition coefficient (Wildman–Crippen LogP) is 1.93. The fourth-order valence-corrected chi connectivity index (χ4v) is 1.71. The van der Waals surface area contributed by atoms with Gasteiger partial charge in [0.25, 0.3) is 0 Å². The van der Waals surface area contributed by atoms with Crippen LogP contribution in [0.1, 0.15) is 46.5 Å². The van der Waals surface area contributed by atoms with Gasteiger partial charge < -0.3 is 10.4 Å². The van der Waals surface area contributed by atoms with Crippen LogP contribution in [0.25, 0.3) is 0 Å². The molecule has 0 radical (unpaired) electrons. The molecular weight excluding hydrogens is 162 g/mol. The Morgan fingerprint density at radius 1 is 1.31 bits per heavy atom. The van der Waals surface area contributed by atoms with E-state index in [1.165, 1.54) is 25.7 Å². The van der Waals surface area contributed by atoms with Gasteiger partial charge in [0.15, 0.2) is 0 Å². The van der Waals surface area contributed by atoms with Crippen molar-refractivity contribution in [3.8, 4) is 0 Å². The van der Waals surface area contributed by atoms with Crippen LogP contribution in [-0.2, 0) is 0 Å². The van der Waals surface area contributed by atoms with Crippen LogP contribution in [-0.4, -0.2) is 23.8 Å². The Balaban J connectivity index is 2.17. The zero-order valence-corrected chi connectivity index (χ0v) is 9.14. The highest BCUT2D eigenvalue weighted by Crippen LogP contribution is 2.21. The smallest absolute Gasteiger partial charge is 0.0712 e. The molecule has 1 atom stereocenters. The lowest BCUT2D eigenvalue weighted by Gasteiger charge is -2.27. The molecule has 2 N–H and O–H groups in total. The van der Waals surface area contributed by atoms with Crippen molar-refractivity contribution in [1.29, 1.82) is 0 Å². The monoisotopic (exact) mass is 185 g/mol. The number of rotatable bonds is 3. The molecule has 0 aromatic carbocycles. The van der Waals surface area contributed by atoms with Crippen molar-refractivity contribution < 1.29 is 5.11 Å². The van der Waals surface area contributed by atoms with E-state index in [1.54, 1.807) is 0 Å². The van der Waals surface area contributed by atoms with Gasteiger partial charge in [0.1, 0.15) is 0 Å². The maximum absolute atomic E-state index is 9.78. The molecule has 78 valence electrons. The fraction of sp³-hybridized carbons (Fsp3) is 1.00. The SMILES string of the molecule is CC(C)(C)C(O)CNC1CCCC1. The number of nitrogens with one attached hydrogen (secondary N) is 1. The molecule has 0 heterocycles. The molecule has 1 aliphatic rings. The summed E-state index contributed by atoms with van der Waals surface area (Å²) in [6.07, 6.45) is 5.05. The van der Waals surface area contributed by atoms with E-state index in [2.05, 4.69) is 26.1 Å². The number of aliphatic hydroxyl groups is 1.